The largest absolute Gasteiger partial charge is 0.503 e. The van der Waals surface area contributed by atoms with Crippen molar-refractivity contribution in [3.63, 3.8) is 0 Å². The van der Waals surface area contributed by atoms with Gasteiger partial charge in [0.1, 0.15) is 10.9 Å². The lowest BCUT2D eigenvalue weighted by molar-refractivity contribution is 0.0922. The molecule has 1 aromatic heterocycles. The molecule has 0 atom stereocenters. The van der Waals surface area contributed by atoms with Crippen LogP contribution >= 0.6 is 11.8 Å². The number of aromatic nitrogens is 1. The second-order valence-corrected chi connectivity index (χ2v) is 8.32. The molecule has 9 heteroatoms. The maximum Gasteiger partial charge on any atom is 0.271 e. The zero-order valence-corrected chi connectivity index (χ0v) is 19.4. The molecule has 2 heterocycles. The minimum Gasteiger partial charge on any atom is -0.503 e. The highest BCUT2D eigenvalue weighted by Crippen LogP contribution is 2.27. The summed E-state index contributed by atoms with van der Waals surface area (Å²) < 4.78 is 19.1. The summed E-state index contributed by atoms with van der Waals surface area (Å²) in [6.07, 6.45) is 4.67. The SMILES string of the molecule is CC/C=C(\Cc1ccc(F)cc1C)SC(=N)c1cn2c(c(O)c1=O)C(=O)NCC2.COC. The van der Waals surface area contributed by atoms with Gasteiger partial charge in [0, 0.05) is 39.9 Å². The molecule has 1 aromatic carbocycles. The van der Waals surface area contributed by atoms with Gasteiger partial charge < -0.3 is 19.7 Å². The van der Waals surface area contributed by atoms with Gasteiger partial charge in [-0.15, -0.1) is 0 Å². The Morgan fingerprint density at radius 3 is 2.69 bits per heavy atom. The first-order chi connectivity index (χ1) is 15.2. The molecule has 0 fully saturated rings. The van der Waals surface area contributed by atoms with Crippen molar-refractivity contribution in [1.82, 2.24) is 9.88 Å². The number of rotatable bonds is 5. The van der Waals surface area contributed by atoms with Crippen LogP contribution in [0.4, 0.5) is 4.39 Å². The Bertz CT molecular complexity index is 1100. The number of aryl methyl sites for hydroxylation is 1. The van der Waals surface area contributed by atoms with Crippen LogP contribution in [0.15, 0.2) is 40.2 Å². The van der Waals surface area contributed by atoms with Crippen molar-refractivity contribution in [3.8, 4) is 5.75 Å². The molecule has 0 bridgehead atoms. The smallest absolute Gasteiger partial charge is 0.271 e. The van der Waals surface area contributed by atoms with Gasteiger partial charge >= 0.3 is 0 Å². The van der Waals surface area contributed by atoms with Crippen LogP contribution in [-0.2, 0) is 17.7 Å². The van der Waals surface area contributed by atoms with Crippen molar-refractivity contribution in [1.29, 1.82) is 5.41 Å². The van der Waals surface area contributed by atoms with Crippen molar-refractivity contribution < 1.29 is 19.0 Å². The summed E-state index contributed by atoms with van der Waals surface area (Å²) in [6, 6.07) is 4.59. The van der Waals surface area contributed by atoms with Crippen LogP contribution in [0.2, 0.25) is 0 Å². The Balaban J connectivity index is 0.00000114. The Morgan fingerprint density at radius 1 is 1.38 bits per heavy atom. The molecule has 0 unspecified atom stereocenters. The minimum atomic E-state index is -0.736. The lowest BCUT2D eigenvalue weighted by atomic mass is 10.1. The van der Waals surface area contributed by atoms with Crippen LogP contribution in [0.1, 0.15) is 40.5 Å². The van der Waals surface area contributed by atoms with E-state index in [1.54, 1.807) is 20.3 Å². The van der Waals surface area contributed by atoms with Gasteiger partial charge in [0.25, 0.3) is 5.91 Å². The molecular formula is C23H28FN3O4S. The average molecular weight is 462 g/mol. The molecule has 1 amide bonds. The molecule has 0 saturated heterocycles. The second kappa shape index (κ2) is 11.6. The van der Waals surface area contributed by atoms with Crippen LogP contribution in [0.25, 0.3) is 0 Å². The van der Waals surface area contributed by atoms with Gasteiger partial charge in [-0.05, 0) is 41.5 Å². The molecule has 0 radical (unpaired) electrons. The number of nitrogens with one attached hydrogen (secondary N) is 2. The molecular weight excluding hydrogens is 433 g/mol. The summed E-state index contributed by atoms with van der Waals surface area (Å²) in [5, 5.41) is 21.2. The van der Waals surface area contributed by atoms with E-state index in [0.717, 1.165) is 34.2 Å². The Morgan fingerprint density at radius 2 is 2.06 bits per heavy atom. The quantitative estimate of drug-likeness (QED) is 0.466. The van der Waals surface area contributed by atoms with E-state index < -0.39 is 17.1 Å². The number of benzene rings is 1. The van der Waals surface area contributed by atoms with E-state index in [4.69, 9.17) is 5.41 Å². The summed E-state index contributed by atoms with van der Waals surface area (Å²) in [4.78, 5) is 25.3. The van der Waals surface area contributed by atoms with Gasteiger partial charge in [-0.2, -0.15) is 0 Å². The van der Waals surface area contributed by atoms with Gasteiger partial charge in [-0.3, -0.25) is 15.0 Å². The van der Waals surface area contributed by atoms with Gasteiger partial charge in [-0.1, -0.05) is 30.8 Å². The molecule has 1 aliphatic rings. The fourth-order valence-electron chi connectivity index (χ4n) is 3.21. The normalized spacial score (nSPS) is 13.0. The number of hydrogen-bond acceptors (Lipinski definition) is 6. The molecule has 1 aliphatic heterocycles. The summed E-state index contributed by atoms with van der Waals surface area (Å²) in [7, 11) is 3.25. The number of hydrogen-bond donors (Lipinski definition) is 3. The Labute approximate surface area is 190 Å². The third-order valence-electron chi connectivity index (χ3n) is 4.69. The van der Waals surface area contributed by atoms with E-state index in [-0.39, 0.29) is 22.1 Å². The zero-order chi connectivity index (χ0) is 23.8. The van der Waals surface area contributed by atoms with E-state index in [9.17, 15) is 19.1 Å². The van der Waals surface area contributed by atoms with Crippen molar-refractivity contribution in [2.45, 2.75) is 33.2 Å². The highest BCUT2D eigenvalue weighted by molar-refractivity contribution is 8.17. The summed E-state index contributed by atoms with van der Waals surface area (Å²) >= 11 is 1.13. The number of amides is 1. The monoisotopic (exact) mass is 461 g/mol. The van der Waals surface area contributed by atoms with Gasteiger partial charge in [0.15, 0.2) is 11.4 Å². The number of allylic oxidation sites excluding steroid dienone is 2. The Hall–Kier alpha value is -2.91. The molecule has 32 heavy (non-hydrogen) atoms. The highest BCUT2D eigenvalue weighted by atomic mass is 32.2. The van der Waals surface area contributed by atoms with Gasteiger partial charge in [0.05, 0.1) is 5.56 Å². The number of fused-ring (bicyclic) bond motifs is 1. The molecule has 3 N–H and O–H groups in total. The summed E-state index contributed by atoms with van der Waals surface area (Å²) in [5.41, 5.74) is 0.988. The molecule has 2 aromatic rings. The van der Waals surface area contributed by atoms with Crippen molar-refractivity contribution >= 4 is 22.7 Å². The average Bonchev–Trinajstić information content (AvgIpc) is 2.73. The van der Waals surface area contributed by atoms with Crippen LogP contribution in [-0.4, -0.2) is 41.4 Å². The lowest BCUT2D eigenvalue weighted by Gasteiger charge is -2.21. The second-order valence-electron chi connectivity index (χ2n) is 7.18. The standard InChI is InChI=1S/C21H22FN3O3S.C2H6O/c1-3-4-15(10-13-5-6-14(22)9-12(13)2)29-20(23)16-11-25-8-7-24-21(28)17(25)19(27)18(16)26;1-3-2/h4-6,9,11,23,27H,3,7-8,10H2,1-2H3,(H,24,28);1-2H3/b15-4+,23-20?;. The number of ether oxygens (including phenoxy) is 1. The first-order valence-corrected chi connectivity index (χ1v) is 10.9. The van der Waals surface area contributed by atoms with Gasteiger partial charge in [0.2, 0.25) is 5.43 Å². The summed E-state index contributed by atoms with van der Waals surface area (Å²) in [6.45, 7) is 4.60. The number of carbonyl (C=O) groups is 1. The van der Waals surface area contributed by atoms with E-state index in [1.807, 2.05) is 19.9 Å². The number of thioether (sulfide) groups is 1. The Kier molecular flexibility index (Phi) is 9.22. The molecule has 3 rings (SSSR count). The summed E-state index contributed by atoms with van der Waals surface area (Å²) in [5.74, 6) is -1.44. The molecule has 7 nitrogen and oxygen atoms in total. The van der Waals surface area contributed by atoms with Crippen LogP contribution < -0.4 is 10.7 Å². The number of halogens is 1. The van der Waals surface area contributed by atoms with Crippen LogP contribution in [0.3, 0.4) is 0 Å². The van der Waals surface area contributed by atoms with Gasteiger partial charge in [-0.25, -0.2) is 4.39 Å². The number of nitrogens with zero attached hydrogens (tertiary/aromatic N) is 1. The van der Waals surface area contributed by atoms with Crippen molar-refractivity contribution in [2.75, 3.05) is 20.8 Å². The molecule has 0 saturated carbocycles. The highest BCUT2D eigenvalue weighted by Gasteiger charge is 2.25. The molecule has 0 spiro atoms. The maximum atomic E-state index is 13.4. The van der Waals surface area contributed by atoms with Crippen LogP contribution in [0, 0.1) is 18.2 Å². The topological polar surface area (TPSA) is 104 Å². The maximum absolute atomic E-state index is 13.4. The first kappa shape index (κ1) is 25.4. The predicted octanol–water partition coefficient (Wildman–Crippen LogP) is 3.60. The number of pyridine rings is 1. The fraction of sp³-hybridized carbons (Fsp3) is 0.348. The number of aromatic hydroxyl groups is 1. The molecule has 172 valence electrons. The first-order valence-electron chi connectivity index (χ1n) is 10.1. The fourth-order valence-corrected chi connectivity index (χ4v) is 4.20. The third-order valence-corrected chi connectivity index (χ3v) is 5.69. The number of methoxy groups -OCH3 is 1. The third kappa shape index (κ3) is 6.08. The van der Waals surface area contributed by atoms with E-state index in [2.05, 4.69) is 10.1 Å². The lowest BCUT2D eigenvalue weighted by Crippen LogP contribution is -2.38. The zero-order valence-electron chi connectivity index (χ0n) is 18.6. The van der Waals surface area contributed by atoms with Crippen LogP contribution in [0.5, 0.6) is 5.75 Å². The van der Waals surface area contributed by atoms with Crippen molar-refractivity contribution in [2.24, 2.45) is 0 Å². The van der Waals surface area contributed by atoms with E-state index in [0.29, 0.717) is 19.5 Å². The van der Waals surface area contributed by atoms with E-state index >= 15 is 0 Å². The minimum absolute atomic E-state index is 0.00829. The number of carbonyl (C=O) groups excluding carboxylic acids is 1. The van der Waals surface area contributed by atoms with E-state index in [1.165, 1.54) is 22.9 Å². The predicted molar refractivity (Wildman–Crippen MR) is 125 cm³/mol. The van der Waals surface area contributed by atoms with Crippen molar-refractivity contribution in [3.05, 3.63) is 73.8 Å². The molecule has 0 aliphatic carbocycles.